The van der Waals surface area contributed by atoms with Crippen LogP contribution in [0.3, 0.4) is 0 Å². The summed E-state index contributed by atoms with van der Waals surface area (Å²) in [5, 5.41) is 0. The molecule has 1 aromatic carbocycles. The molecule has 0 saturated heterocycles. The molecule has 0 aliphatic heterocycles. The summed E-state index contributed by atoms with van der Waals surface area (Å²) in [6, 6.07) is 10.8. The fourth-order valence-corrected chi connectivity index (χ4v) is 6.24. The summed E-state index contributed by atoms with van der Waals surface area (Å²) in [5.41, 5.74) is 2.45. The van der Waals surface area contributed by atoms with Crippen molar-refractivity contribution in [3.63, 3.8) is 0 Å². The molecule has 13 heavy (non-hydrogen) atoms. The molecular weight excluding hydrogens is 287 g/mol. The Hall–Kier alpha value is -0.0931. The standard InChI is InChI=1S/C11H16ISi/c1-13(2,3)10-9-12-11-7-5-4-6-8-11/h4-10H,1-3H3/q+1/b10-9-. The van der Waals surface area contributed by atoms with E-state index in [1.165, 1.54) is 3.57 Å². The van der Waals surface area contributed by atoms with E-state index in [4.69, 9.17) is 0 Å². The lowest BCUT2D eigenvalue weighted by Crippen LogP contribution is -3.59. The van der Waals surface area contributed by atoms with E-state index in [1.807, 2.05) is 0 Å². The molecule has 0 nitrogen and oxygen atoms in total. The van der Waals surface area contributed by atoms with Crippen LogP contribution in [0.15, 0.2) is 40.1 Å². The lowest BCUT2D eigenvalue weighted by Gasteiger charge is -2.04. The minimum atomic E-state index is -0.964. The highest BCUT2D eigenvalue weighted by Gasteiger charge is 2.11. The normalized spacial score (nSPS) is 12.2. The van der Waals surface area contributed by atoms with Crippen LogP contribution in [0.1, 0.15) is 0 Å². The fraction of sp³-hybridized carbons (Fsp3) is 0.273. The smallest absolute Gasteiger partial charge is 0.0660 e. The molecule has 1 aromatic rings. The van der Waals surface area contributed by atoms with Gasteiger partial charge < -0.3 is 0 Å². The molecule has 0 aliphatic rings. The Kier molecular flexibility index (Phi) is 4.19. The third kappa shape index (κ3) is 5.26. The van der Waals surface area contributed by atoms with Crippen LogP contribution in [0.5, 0.6) is 0 Å². The van der Waals surface area contributed by atoms with Gasteiger partial charge >= 0.3 is 21.2 Å². The number of rotatable bonds is 3. The average molecular weight is 303 g/mol. The van der Waals surface area contributed by atoms with Crippen LogP contribution in [0.25, 0.3) is 0 Å². The van der Waals surface area contributed by atoms with Crippen LogP contribution >= 0.6 is 0 Å². The van der Waals surface area contributed by atoms with E-state index in [0.717, 1.165) is 0 Å². The van der Waals surface area contributed by atoms with Gasteiger partial charge in [0.2, 0.25) is 0 Å². The van der Waals surface area contributed by atoms with Gasteiger partial charge in [0.25, 0.3) is 0 Å². The Morgan fingerprint density at radius 3 is 2.23 bits per heavy atom. The zero-order valence-corrected chi connectivity index (χ0v) is 11.6. The summed E-state index contributed by atoms with van der Waals surface area (Å²) in [5.74, 6) is 0. The van der Waals surface area contributed by atoms with Gasteiger partial charge in [-0.1, -0.05) is 37.8 Å². The van der Waals surface area contributed by atoms with Crippen LogP contribution in [-0.2, 0) is 0 Å². The SMILES string of the molecule is C[Si](C)(C)/C=C\[I+]c1ccccc1. The van der Waals surface area contributed by atoms with Crippen LogP contribution in [-0.4, -0.2) is 8.07 Å². The Bertz CT molecular complexity index is 272. The molecule has 0 N–H and O–H groups in total. The molecule has 1 rings (SSSR count). The first-order chi connectivity index (χ1) is 6.08. The van der Waals surface area contributed by atoms with Gasteiger partial charge in [-0.15, -0.1) is 0 Å². The Labute approximate surface area is 92.3 Å². The molecule has 0 amide bonds. The van der Waals surface area contributed by atoms with Crippen LogP contribution in [0.2, 0.25) is 19.6 Å². The van der Waals surface area contributed by atoms with Gasteiger partial charge in [0.15, 0.2) is 7.65 Å². The number of benzene rings is 1. The van der Waals surface area contributed by atoms with Gasteiger partial charge in [-0.25, -0.2) is 0 Å². The Morgan fingerprint density at radius 2 is 1.69 bits per heavy atom. The highest BCUT2D eigenvalue weighted by molar-refractivity contribution is 6.80. The Balaban J connectivity index is 2.49. The van der Waals surface area contributed by atoms with E-state index in [-0.39, 0.29) is 21.2 Å². The first-order valence-corrected chi connectivity index (χ1v) is 10.3. The highest BCUT2D eigenvalue weighted by Crippen LogP contribution is 1.98. The molecule has 0 saturated carbocycles. The van der Waals surface area contributed by atoms with Crippen molar-refractivity contribution in [2.45, 2.75) is 19.6 Å². The second kappa shape index (κ2) is 4.96. The van der Waals surface area contributed by atoms with Crippen molar-refractivity contribution in [2.24, 2.45) is 0 Å². The average Bonchev–Trinajstić information content (AvgIpc) is 2.04. The van der Waals surface area contributed by atoms with Crippen molar-refractivity contribution in [1.82, 2.24) is 0 Å². The van der Waals surface area contributed by atoms with E-state index in [9.17, 15) is 0 Å². The number of halogens is 1. The molecule has 0 spiro atoms. The largest absolute Gasteiger partial charge is 0.348 e. The van der Waals surface area contributed by atoms with Crippen molar-refractivity contribution >= 4 is 8.07 Å². The van der Waals surface area contributed by atoms with E-state index in [1.54, 1.807) is 0 Å². The zero-order valence-electron chi connectivity index (χ0n) is 8.42. The zero-order chi connectivity index (χ0) is 9.73. The molecule has 0 heterocycles. The minimum Gasteiger partial charge on any atom is -0.0660 e. The molecule has 0 aliphatic carbocycles. The molecule has 0 atom stereocenters. The van der Waals surface area contributed by atoms with Crippen LogP contribution in [0.4, 0.5) is 0 Å². The summed E-state index contributed by atoms with van der Waals surface area (Å²) < 4.78 is 3.93. The second-order valence-electron chi connectivity index (χ2n) is 4.06. The molecule has 0 unspecified atom stereocenters. The molecule has 2 heteroatoms. The maximum atomic E-state index is 2.45. The molecule has 0 fully saturated rings. The Morgan fingerprint density at radius 1 is 1.08 bits per heavy atom. The summed E-state index contributed by atoms with van der Waals surface area (Å²) in [7, 11) is -0.964. The first kappa shape index (κ1) is 11.0. The van der Waals surface area contributed by atoms with Gasteiger partial charge in [-0.2, -0.15) is 0 Å². The summed E-state index contributed by atoms with van der Waals surface area (Å²) in [6.07, 6.45) is 0. The van der Waals surface area contributed by atoms with E-state index >= 15 is 0 Å². The van der Waals surface area contributed by atoms with Crippen molar-refractivity contribution in [1.29, 1.82) is 0 Å². The van der Waals surface area contributed by atoms with Crippen molar-refractivity contribution in [2.75, 3.05) is 0 Å². The monoisotopic (exact) mass is 303 g/mol. The second-order valence-corrected chi connectivity index (χ2v) is 11.7. The van der Waals surface area contributed by atoms with Crippen LogP contribution < -0.4 is 21.2 Å². The molecule has 0 radical (unpaired) electrons. The predicted molar refractivity (Wildman–Crippen MR) is 57.6 cm³/mol. The van der Waals surface area contributed by atoms with Gasteiger partial charge in [-0.05, 0) is 17.8 Å². The van der Waals surface area contributed by atoms with Crippen molar-refractivity contribution in [3.8, 4) is 0 Å². The number of hydrogen-bond acceptors (Lipinski definition) is 0. The highest BCUT2D eigenvalue weighted by atomic mass is 127. The molecule has 0 bridgehead atoms. The molecule has 0 aromatic heterocycles. The maximum Gasteiger partial charge on any atom is 0.348 e. The minimum absolute atomic E-state index is 0.115. The van der Waals surface area contributed by atoms with E-state index < -0.39 is 8.07 Å². The fourth-order valence-electron chi connectivity index (χ4n) is 0.781. The summed E-state index contributed by atoms with van der Waals surface area (Å²) in [4.78, 5) is 0. The van der Waals surface area contributed by atoms with Gasteiger partial charge in [0.05, 0.1) is 8.07 Å². The van der Waals surface area contributed by atoms with Crippen molar-refractivity contribution < 1.29 is 21.2 Å². The van der Waals surface area contributed by atoms with Gasteiger partial charge in [0.1, 0.15) is 0 Å². The van der Waals surface area contributed by atoms with Crippen molar-refractivity contribution in [3.05, 3.63) is 43.7 Å². The lowest BCUT2D eigenvalue weighted by atomic mass is 10.4. The summed E-state index contributed by atoms with van der Waals surface area (Å²) in [6.45, 7) is 7.12. The quantitative estimate of drug-likeness (QED) is 0.558. The summed E-state index contributed by atoms with van der Waals surface area (Å²) >= 11 is 0.115. The third-order valence-corrected chi connectivity index (χ3v) is 5.49. The maximum absolute atomic E-state index is 2.45. The van der Waals surface area contributed by atoms with Crippen LogP contribution in [0, 0.1) is 3.57 Å². The molecular formula is C11H16ISi+. The number of hydrogen-bond donors (Lipinski definition) is 0. The topological polar surface area (TPSA) is 0 Å². The molecule has 70 valence electrons. The van der Waals surface area contributed by atoms with E-state index in [2.05, 4.69) is 59.8 Å². The lowest BCUT2D eigenvalue weighted by molar-refractivity contribution is -0.556. The predicted octanol–water partition coefficient (Wildman–Crippen LogP) is 0.336. The van der Waals surface area contributed by atoms with Gasteiger partial charge in [-0.3, -0.25) is 0 Å². The van der Waals surface area contributed by atoms with E-state index in [0.29, 0.717) is 0 Å². The first-order valence-electron chi connectivity index (χ1n) is 4.44. The third-order valence-electron chi connectivity index (χ3n) is 1.49. The van der Waals surface area contributed by atoms with Gasteiger partial charge in [0, 0.05) is 0 Å².